The number of nitrogens with zero attached hydrogens (tertiary/aromatic N) is 2. The highest BCUT2D eigenvalue weighted by molar-refractivity contribution is 6.36. The summed E-state index contributed by atoms with van der Waals surface area (Å²) in [5, 5.41) is 3.66. The van der Waals surface area contributed by atoms with Crippen LogP contribution in [0, 0.1) is 11.8 Å². The molecule has 1 N–H and O–H groups in total. The summed E-state index contributed by atoms with van der Waals surface area (Å²) in [7, 11) is 0. The lowest BCUT2D eigenvalue weighted by atomic mass is 9.85. The van der Waals surface area contributed by atoms with Gasteiger partial charge in [-0.2, -0.15) is 0 Å². The van der Waals surface area contributed by atoms with E-state index in [1.165, 1.54) is 9.80 Å². The number of halogens is 2. The van der Waals surface area contributed by atoms with Crippen LogP contribution in [-0.2, 0) is 25.7 Å². The van der Waals surface area contributed by atoms with Crippen LogP contribution in [0.4, 0.5) is 0 Å². The van der Waals surface area contributed by atoms with Crippen molar-refractivity contribution in [2.45, 2.75) is 65.1 Å². The fourth-order valence-corrected chi connectivity index (χ4v) is 4.87. The van der Waals surface area contributed by atoms with Crippen molar-refractivity contribution in [3.8, 4) is 0 Å². The molecule has 2 aliphatic rings. The van der Waals surface area contributed by atoms with E-state index in [1.807, 2.05) is 32.9 Å². The summed E-state index contributed by atoms with van der Waals surface area (Å²) < 4.78 is 0. The van der Waals surface area contributed by atoms with Gasteiger partial charge in [-0.05, 0) is 52.7 Å². The molecule has 1 saturated heterocycles. The average molecular weight is 508 g/mol. The highest BCUT2D eigenvalue weighted by atomic mass is 35.5. The van der Waals surface area contributed by atoms with Crippen LogP contribution >= 0.6 is 23.2 Å². The Morgan fingerprint density at radius 1 is 1.09 bits per heavy atom. The first-order valence-electron chi connectivity index (χ1n) is 11.5. The number of fused-ring (bicyclic) bond motifs is 1. The number of carbonyl (C=O) groups excluding carboxylic acids is 4. The molecule has 1 aliphatic heterocycles. The van der Waals surface area contributed by atoms with Crippen LogP contribution in [0.25, 0.3) is 0 Å². The molecule has 7 nitrogen and oxygen atoms in total. The molecule has 1 aliphatic carbocycles. The highest BCUT2D eigenvalue weighted by Crippen LogP contribution is 2.35. The molecule has 9 heteroatoms. The van der Waals surface area contributed by atoms with Gasteiger partial charge in [0.05, 0.1) is 11.8 Å². The Morgan fingerprint density at radius 2 is 1.62 bits per heavy atom. The van der Waals surface area contributed by atoms with Gasteiger partial charge in [-0.3, -0.25) is 24.1 Å². The summed E-state index contributed by atoms with van der Waals surface area (Å²) in [5.41, 5.74) is 0.0425. The minimum absolute atomic E-state index is 0.0210. The SMILES string of the molecule is CC(C(=O)NC(C)(C)C)N(Cc1c(Cl)cccc1Cl)C(=O)CCN1C(=O)[C@H]2CC=CC[C@H]2C1=O. The average Bonchev–Trinajstić information content (AvgIpc) is 3.00. The zero-order valence-electron chi connectivity index (χ0n) is 19.9. The lowest BCUT2D eigenvalue weighted by Gasteiger charge is -2.32. The summed E-state index contributed by atoms with van der Waals surface area (Å²) in [4.78, 5) is 54.4. The van der Waals surface area contributed by atoms with Gasteiger partial charge in [0, 0.05) is 40.7 Å². The van der Waals surface area contributed by atoms with Crippen LogP contribution in [0.2, 0.25) is 10.0 Å². The number of nitrogens with one attached hydrogen (secondary N) is 1. The lowest BCUT2D eigenvalue weighted by Crippen LogP contribution is -2.52. The molecule has 3 atom stereocenters. The predicted molar refractivity (Wildman–Crippen MR) is 131 cm³/mol. The van der Waals surface area contributed by atoms with E-state index in [0.717, 1.165) is 0 Å². The Kier molecular flexibility index (Phi) is 8.09. The van der Waals surface area contributed by atoms with Crippen molar-refractivity contribution < 1.29 is 19.2 Å². The van der Waals surface area contributed by atoms with E-state index >= 15 is 0 Å². The lowest BCUT2D eigenvalue weighted by molar-refractivity contribution is -0.144. The smallest absolute Gasteiger partial charge is 0.242 e. The van der Waals surface area contributed by atoms with Crippen LogP contribution in [0.5, 0.6) is 0 Å². The summed E-state index contributed by atoms with van der Waals surface area (Å²) in [6.07, 6.45) is 4.83. The van der Waals surface area contributed by atoms with E-state index in [2.05, 4.69) is 5.32 Å². The largest absolute Gasteiger partial charge is 0.350 e. The van der Waals surface area contributed by atoms with Crippen LogP contribution in [0.3, 0.4) is 0 Å². The van der Waals surface area contributed by atoms with Gasteiger partial charge < -0.3 is 10.2 Å². The minimum atomic E-state index is -0.823. The summed E-state index contributed by atoms with van der Waals surface area (Å²) >= 11 is 12.7. The van der Waals surface area contributed by atoms with E-state index in [1.54, 1.807) is 25.1 Å². The summed E-state index contributed by atoms with van der Waals surface area (Å²) in [6, 6.07) is 4.22. The van der Waals surface area contributed by atoms with Gasteiger partial charge in [0.2, 0.25) is 23.6 Å². The van der Waals surface area contributed by atoms with Crippen LogP contribution in [0.15, 0.2) is 30.4 Å². The van der Waals surface area contributed by atoms with E-state index in [-0.39, 0.29) is 55.0 Å². The Balaban J connectivity index is 1.78. The zero-order valence-corrected chi connectivity index (χ0v) is 21.4. The molecule has 184 valence electrons. The number of likely N-dealkylation sites (tertiary alicyclic amines) is 1. The van der Waals surface area contributed by atoms with Crippen molar-refractivity contribution in [3.63, 3.8) is 0 Å². The van der Waals surface area contributed by atoms with E-state index in [4.69, 9.17) is 23.2 Å². The first-order valence-corrected chi connectivity index (χ1v) is 12.2. The highest BCUT2D eigenvalue weighted by Gasteiger charge is 2.47. The molecular formula is C25H31Cl2N3O4. The molecular weight excluding hydrogens is 477 g/mol. The maximum absolute atomic E-state index is 13.4. The van der Waals surface area contributed by atoms with E-state index < -0.39 is 11.6 Å². The zero-order chi connectivity index (χ0) is 25.2. The number of hydrogen-bond donors (Lipinski definition) is 1. The third-order valence-corrected chi connectivity index (χ3v) is 6.91. The second-order valence-corrected chi connectivity index (χ2v) is 10.7. The Hall–Kier alpha value is -2.38. The molecule has 1 unspecified atom stereocenters. The van der Waals surface area contributed by atoms with Gasteiger partial charge in [0.15, 0.2) is 0 Å². The summed E-state index contributed by atoms with van der Waals surface area (Å²) in [6.45, 7) is 7.20. The normalized spacial score (nSPS) is 20.8. The molecule has 0 spiro atoms. The van der Waals surface area contributed by atoms with Crippen LogP contribution < -0.4 is 5.32 Å². The van der Waals surface area contributed by atoms with Crippen molar-refractivity contribution in [1.82, 2.24) is 15.1 Å². The monoisotopic (exact) mass is 507 g/mol. The Labute approximate surface area is 210 Å². The number of amides is 4. The minimum Gasteiger partial charge on any atom is -0.350 e. The molecule has 0 aromatic heterocycles. The second kappa shape index (κ2) is 10.5. The standard InChI is InChI=1S/C25H31Cl2N3O4/c1-15(22(32)28-25(2,3)4)30(14-18-19(26)10-7-11-20(18)27)21(31)12-13-29-23(33)16-8-5-6-9-17(16)24(29)34/h5-7,10-11,15-17H,8-9,12-14H2,1-4H3,(H,28,32)/t15?,16-,17+. The quantitative estimate of drug-likeness (QED) is 0.446. The molecule has 0 bridgehead atoms. The maximum Gasteiger partial charge on any atom is 0.242 e. The van der Waals surface area contributed by atoms with Gasteiger partial charge >= 0.3 is 0 Å². The molecule has 4 amide bonds. The second-order valence-electron chi connectivity index (χ2n) is 9.87. The van der Waals surface area contributed by atoms with Crippen molar-refractivity contribution in [2.75, 3.05) is 6.54 Å². The fraction of sp³-hybridized carbons (Fsp3) is 0.520. The van der Waals surface area contributed by atoms with Crippen molar-refractivity contribution in [1.29, 1.82) is 0 Å². The molecule has 1 fully saturated rings. The van der Waals surface area contributed by atoms with E-state index in [9.17, 15) is 19.2 Å². The van der Waals surface area contributed by atoms with Crippen molar-refractivity contribution >= 4 is 46.8 Å². The van der Waals surface area contributed by atoms with Gasteiger partial charge in [-0.25, -0.2) is 0 Å². The van der Waals surface area contributed by atoms with Gasteiger partial charge in [0.25, 0.3) is 0 Å². The number of imide groups is 1. The van der Waals surface area contributed by atoms with Crippen LogP contribution in [0.1, 0.15) is 52.5 Å². The van der Waals surface area contributed by atoms with Crippen molar-refractivity contribution in [2.24, 2.45) is 11.8 Å². The van der Waals surface area contributed by atoms with Crippen molar-refractivity contribution in [3.05, 3.63) is 46.0 Å². The molecule has 1 aromatic carbocycles. The molecule has 1 aromatic rings. The topological polar surface area (TPSA) is 86.8 Å². The molecule has 3 rings (SSSR count). The Morgan fingerprint density at radius 3 is 2.12 bits per heavy atom. The number of rotatable bonds is 7. The van der Waals surface area contributed by atoms with Gasteiger partial charge in [-0.1, -0.05) is 41.4 Å². The fourth-order valence-electron chi connectivity index (χ4n) is 4.35. The predicted octanol–water partition coefficient (Wildman–Crippen LogP) is 3.97. The maximum atomic E-state index is 13.4. The van der Waals surface area contributed by atoms with E-state index in [0.29, 0.717) is 28.5 Å². The Bertz CT molecular complexity index is 972. The van der Waals surface area contributed by atoms with Gasteiger partial charge in [0.1, 0.15) is 6.04 Å². The van der Waals surface area contributed by atoms with Crippen LogP contribution in [-0.4, -0.2) is 51.6 Å². The first kappa shape index (κ1) is 26.2. The number of carbonyl (C=O) groups is 4. The number of benzene rings is 1. The molecule has 34 heavy (non-hydrogen) atoms. The first-order chi connectivity index (χ1) is 15.9. The third kappa shape index (κ3) is 5.81. The molecule has 0 radical (unpaired) electrons. The third-order valence-electron chi connectivity index (χ3n) is 6.20. The number of allylic oxidation sites excluding steroid dienone is 2. The molecule has 1 heterocycles. The van der Waals surface area contributed by atoms with Gasteiger partial charge in [-0.15, -0.1) is 0 Å². The molecule has 0 saturated carbocycles. The number of hydrogen-bond acceptors (Lipinski definition) is 4. The summed E-state index contributed by atoms with van der Waals surface area (Å²) in [5.74, 6) is -1.85.